The molecule has 98 valence electrons. The number of fused-ring (bicyclic) bond motifs is 1. The Hall–Kier alpha value is -1.75. The Morgan fingerprint density at radius 3 is 2.58 bits per heavy atom. The van der Waals surface area contributed by atoms with Crippen molar-refractivity contribution in [1.29, 1.82) is 0 Å². The summed E-state index contributed by atoms with van der Waals surface area (Å²) in [6.07, 6.45) is -1.63. The molecule has 0 fully saturated rings. The highest BCUT2D eigenvalue weighted by Gasteiger charge is 2.25. The number of nitrogens with one attached hydrogen (secondary N) is 2. The van der Waals surface area contributed by atoms with Crippen LogP contribution in [0.5, 0.6) is 0 Å². The molecule has 2 aromatic rings. The van der Waals surface area contributed by atoms with E-state index in [2.05, 4.69) is 10.6 Å². The maximum atomic E-state index is 9.36. The van der Waals surface area contributed by atoms with E-state index in [-0.39, 0.29) is 6.17 Å². The van der Waals surface area contributed by atoms with E-state index in [1.807, 2.05) is 30.3 Å². The van der Waals surface area contributed by atoms with Crippen molar-refractivity contribution in [3.8, 4) is 0 Å². The van der Waals surface area contributed by atoms with Crippen molar-refractivity contribution in [3.05, 3.63) is 58.6 Å². The van der Waals surface area contributed by atoms with Crippen LogP contribution in [0, 0.1) is 0 Å². The second-order valence-corrected chi connectivity index (χ2v) is 4.86. The zero-order valence-electron chi connectivity index (χ0n) is 9.97. The van der Waals surface area contributed by atoms with Crippen LogP contribution in [0.25, 0.3) is 0 Å². The van der Waals surface area contributed by atoms with Crippen molar-refractivity contribution in [2.45, 2.75) is 12.5 Å². The number of aliphatic hydroxyl groups is 2. The Morgan fingerprint density at radius 1 is 1.05 bits per heavy atom. The van der Waals surface area contributed by atoms with E-state index in [9.17, 15) is 10.2 Å². The van der Waals surface area contributed by atoms with Crippen LogP contribution in [0.3, 0.4) is 0 Å². The molecule has 1 atom stereocenters. The van der Waals surface area contributed by atoms with Crippen LogP contribution < -0.4 is 10.6 Å². The number of halogens is 1. The van der Waals surface area contributed by atoms with Gasteiger partial charge in [-0.15, -0.1) is 0 Å². The molecule has 0 bridgehead atoms. The maximum Gasteiger partial charge on any atom is 0.180 e. The van der Waals surface area contributed by atoms with Gasteiger partial charge in [-0.1, -0.05) is 35.9 Å². The first-order chi connectivity index (χ1) is 9.15. The Balaban J connectivity index is 1.94. The smallest absolute Gasteiger partial charge is 0.180 e. The van der Waals surface area contributed by atoms with Crippen molar-refractivity contribution in [2.75, 3.05) is 10.6 Å². The number of hydrogen-bond donors (Lipinski definition) is 4. The largest absolute Gasteiger partial charge is 0.364 e. The summed E-state index contributed by atoms with van der Waals surface area (Å²) in [7, 11) is 0. The average molecular weight is 277 g/mol. The van der Waals surface area contributed by atoms with Gasteiger partial charge >= 0.3 is 0 Å². The van der Waals surface area contributed by atoms with Gasteiger partial charge in [-0.2, -0.15) is 0 Å². The summed E-state index contributed by atoms with van der Waals surface area (Å²) in [6, 6.07) is 12.9. The van der Waals surface area contributed by atoms with Gasteiger partial charge in [0.15, 0.2) is 6.29 Å². The predicted molar refractivity (Wildman–Crippen MR) is 75.1 cm³/mol. The van der Waals surface area contributed by atoms with Gasteiger partial charge in [-0.05, 0) is 23.8 Å². The second kappa shape index (κ2) is 4.74. The van der Waals surface area contributed by atoms with Crippen molar-refractivity contribution in [3.63, 3.8) is 0 Å². The Bertz CT molecular complexity index is 616. The van der Waals surface area contributed by atoms with E-state index in [4.69, 9.17) is 11.6 Å². The fraction of sp³-hybridized carbons (Fsp3) is 0.143. The molecule has 2 aromatic carbocycles. The number of anilines is 2. The lowest BCUT2D eigenvalue weighted by Crippen LogP contribution is -2.12. The molecule has 1 aliphatic heterocycles. The number of aliphatic hydroxyl groups excluding tert-OH is 1. The highest BCUT2D eigenvalue weighted by Crippen LogP contribution is 2.39. The molecule has 4 nitrogen and oxygen atoms in total. The highest BCUT2D eigenvalue weighted by atomic mass is 35.5. The third-order valence-electron chi connectivity index (χ3n) is 3.15. The first-order valence-electron chi connectivity index (χ1n) is 5.93. The minimum absolute atomic E-state index is 0.131. The first-order valence-corrected chi connectivity index (χ1v) is 6.30. The van der Waals surface area contributed by atoms with Gasteiger partial charge in [0, 0.05) is 10.6 Å². The summed E-state index contributed by atoms with van der Waals surface area (Å²) in [5, 5.41) is 25.9. The molecule has 0 aliphatic carbocycles. The lowest BCUT2D eigenvalue weighted by Gasteiger charge is -2.13. The topological polar surface area (TPSA) is 64.5 Å². The molecule has 0 radical (unpaired) electrons. The van der Waals surface area contributed by atoms with Crippen molar-refractivity contribution >= 4 is 23.0 Å². The lowest BCUT2D eigenvalue weighted by molar-refractivity contribution is -0.0418. The molecular weight excluding hydrogens is 264 g/mol. The van der Waals surface area contributed by atoms with E-state index in [0.717, 1.165) is 11.3 Å². The fourth-order valence-electron chi connectivity index (χ4n) is 2.26. The number of hydrogen-bond acceptors (Lipinski definition) is 4. The van der Waals surface area contributed by atoms with Gasteiger partial charge in [0.2, 0.25) is 0 Å². The number of benzene rings is 2. The summed E-state index contributed by atoms with van der Waals surface area (Å²) in [4.78, 5) is 0. The molecule has 0 aromatic heterocycles. The van der Waals surface area contributed by atoms with E-state index < -0.39 is 6.29 Å². The van der Waals surface area contributed by atoms with Gasteiger partial charge in [0.1, 0.15) is 6.17 Å². The molecule has 5 heteroatoms. The SMILES string of the molecule is OC(O)c1cccc2c1NC(c1cccc(Cl)c1)N2. The Kier molecular flexibility index (Phi) is 3.06. The molecule has 0 saturated heterocycles. The molecule has 0 spiro atoms. The fourth-order valence-corrected chi connectivity index (χ4v) is 2.45. The van der Waals surface area contributed by atoms with E-state index in [1.54, 1.807) is 12.1 Å². The predicted octanol–water partition coefficient (Wildman–Crippen LogP) is 2.86. The lowest BCUT2D eigenvalue weighted by atomic mass is 10.1. The molecule has 19 heavy (non-hydrogen) atoms. The van der Waals surface area contributed by atoms with Crippen LogP contribution in [-0.4, -0.2) is 10.2 Å². The zero-order valence-corrected chi connectivity index (χ0v) is 10.7. The van der Waals surface area contributed by atoms with Gasteiger partial charge in [0.25, 0.3) is 0 Å². The summed E-state index contributed by atoms with van der Waals surface area (Å²) in [6.45, 7) is 0. The molecular formula is C14H13ClN2O2. The van der Waals surface area contributed by atoms with Gasteiger partial charge < -0.3 is 20.8 Å². The van der Waals surface area contributed by atoms with Gasteiger partial charge in [-0.25, -0.2) is 0 Å². The van der Waals surface area contributed by atoms with E-state index in [0.29, 0.717) is 16.3 Å². The molecule has 1 heterocycles. The van der Waals surface area contributed by atoms with Crippen molar-refractivity contribution in [1.82, 2.24) is 0 Å². The van der Waals surface area contributed by atoms with E-state index in [1.165, 1.54) is 0 Å². The third-order valence-corrected chi connectivity index (χ3v) is 3.38. The van der Waals surface area contributed by atoms with E-state index >= 15 is 0 Å². The van der Waals surface area contributed by atoms with Crippen LogP contribution in [0.2, 0.25) is 5.02 Å². The Morgan fingerprint density at radius 2 is 1.84 bits per heavy atom. The summed E-state index contributed by atoms with van der Waals surface area (Å²) < 4.78 is 0. The van der Waals surface area contributed by atoms with Crippen molar-refractivity contribution < 1.29 is 10.2 Å². The quantitative estimate of drug-likeness (QED) is 0.637. The normalized spacial score (nSPS) is 16.9. The summed E-state index contributed by atoms with van der Waals surface area (Å²) in [5.41, 5.74) is 3.00. The Labute approximate surface area is 115 Å². The zero-order chi connectivity index (χ0) is 13.4. The standard InChI is InChI=1S/C14H13ClN2O2/c15-9-4-1-3-8(7-9)13-16-11-6-2-5-10(14(18)19)12(11)17-13/h1-7,13-14,16-19H. The molecule has 0 saturated carbocycles. The number of rotatable bonds is 2. The molecule has 4 N–H and O–H groups in total. The molecule has 3 rings (SSSR count). The van der Waals surface area contributed by atoms with Crippen LogP contribution in [-0.2, 0) is 0 Å². The molecule has 1 aliphatic rings. The average Bonchev–Trinajstić information content (AvgIpc) is 2.82. The molecule has 1 unspecified atom stereocenters. The second-order valence-electron chi connectivity index (χ2n) is 4.42. The molecule has 0 amide bonds. The summed E-state index contributed by atoms with van der Waals surface area (Å²) in [5.74, 6) is 0. The highest BCUT2D eigenvalue weighted by molar-refractivity contribution is 6.30. The first kappa shape index (κ1) is 12.3. The maximum absolute atomic E-state index is 9.36. The minimum Gasteiger partial charge on any atom is -0.364 e. The van der Waals surface area contributed by atoms with Crippen LogP contribution >= 0.6 is 11.6 Å². The van der Waals surface area contributed by atoms with Gasteiger partial charge in [-0.3, -0.25) is 0 Å². The van der Waals surface area contributed by atoms with Crippen LogP contribution in [0.15, 0.2) is 42.5 Å². The van der Waals surface area contributed by atoms with Crippen LogP contribution in [0.1, 0.15) is 23.6 Å². The van der Waals surface area contributed by atoms with Gasteiger partial charge in [0.05, 0.1) is 11.4 Å². The third kappa shape index (κ3) is 2.26. The van der Waals surface area contributed by atoms with Crippen molar-refractivity contribution in [2.24, 2.45) is 0 Å². The summed E-state index contributed by atoms with van der Waals surface area (Å²) >= 11 is 5.98. The van der Waals surface area contributed by atoms with Crippen LogP contribution in [0.4, 0.5) is 11.4 Å². The minimum atomic E-state index is -1.50. The number of para-hydroxylation sites is 1. The monoisotopic (exact) mass is 276 g/mol.